The summed E-state index contributed by atoms with van der Waals surface area (Å²) in [4.78, 5) is 25.0. The number of aryl methyl sites for hydroxylation is 1. The largest absolute Gasteiger partial charge is 0.345 e. The molecule has 1 atom stereocenters. The zero-order chi connectivity index (χ0) is 15.8. The van der Waals surface area contributed by atoms with Gasteiger partial charge in [-0.3, -0.25) is 9.59 Å². The van der Waals surface area contributed by atoms with E-state index in [0.717, 1.165) is 23.4 Å². The number of anilines is 1. The Balaban J connectivity index is 1.54. The maximum atomic E-state index is 12.5. The number of carbonyl (C=O) groups excluding carboxylic acids is 2. The minimum atomic E-state index is -0.0978. The van der Waals surface area contributed by atoms with Crippen LogP contribution < -0.4 is 10.6 Å². The molecule has 1 unspecified atom stereocenters. The molecule has 5 heteroatoms. The Morgan fingerprint density at radius 1 is 1.22 bits per heavy atom. The number of hydrogen-bond donors (Lipinski definition) is 2. The molecule has 2 aromatic rings. The fourth-order valence-corrected chi connectivity index (χ4v) is 3.96. The molecule has 1 aliphatic heterocycles. The number of carbonyl (C=O) groups is 2. The fraction of sp³-hybridized carbons (Fsp3) is 0.222. The normalized spacial score (nSPS) is 18.8. The molecule has 0 saturated heterocycles. The lowest BCUT2D eigenvalue weighted by atomic mass is 10.1. The average Bonchev–Trinajstić information content (AvgIpc) is 2.97. The molecule has 0 spiro atoms. The van der Waals surface area contributed by atoms with Crippen LogP contribution in [0.3, 0.4) is 0 Å². The molecule has 0 bridgehead atoms. The topological polar surface area (TPSA) is 58.2 Å². The van der Waals surface area contributed by atoms with Crippen molar-refractivity contribution in [1.82, 2.24) is 5.32 Å². The number of hydrogen-bond acceptors (Lipinski definition) is 3. The van der Waals surface area contributed by atoms with E-state index in [1.165, 1.54) is 22.9 Å². The van der Waals surface area contributed by atoms with Crippen molar-refractivity contribution in [2.75, 3.05) is 11.1 Å². The summed E-state index contributed by atoms with van der Waals surface area (Å²) < 4.78 is 0. The minimum absolute atomic E-state index is 0.0234. The van der Waals surface area contributed by atoms with Gasteiger partial charge in [-0.05, 0) is 42.2 Å². The van der Waals surface area contributed by atoms with Crippen LogP contribution in [0.5, 0.6) is 0 Å². The van der Waals surface area contributed by atoms with Crippen molar-refractivity contribution in [2.45, 2.75) is 23.8 Å². The third-order valence-electron chi connectivity index (χ3n) is 4.31. The maximum Gasteiger partial charge on any atom is 0.251 e. The van der Waals surface area contributed by atoms with E-state index in [9.17, 15) is 9.59 Å². The zero-order valence-corrected chi connectivity index (χ0v) is 13.3. The lowest BCUT2D eigenvalue weighted by Crippen LogP contribution is -2.27. The number of nitrogens with one attached hydrogen (secondary N) is 2. The standard InChI is InChI=1S/C18H16N2O2S/c21-17-10-23-16-8-6-12(9-15(16)19-17)18(22)20-14-7-5-11-3-1-2-4-13(11)14/h1-4,6,8-9,14H,5,7,10H2,(H,19,21)(H,20,22). The number of benzene rings is 2. The van der Waals surface area contributed by atoms with E-state index in [1.807, 2.05) is 24.3 Å². The fourth-order valence-electron chi connectivity index (χ4n) is 3.17. The Kier molecular flexibility index (Phi) is 3.58. The third-order valence-corrected chi connectivity index (χ3v) is 5.39. The van der Waals surface area contributed by atoms with Crippen LogP contribution in [-0.2, 0) is 11.2 Å². The molecule has 1 aliphatic carbocycles. The molecule has 1 heterocycles. The van der Waals surface area contributed by atoms with Gasteiger partial charge in [-0.2, -0.15) is 0 Å². The molecule has 23 heavy (non-hydrogen) atoms. The summed E-state index contributed by atoms with van der Waals surface area (Å²) in [6.07, 6.45) is 1.93. The SMILES string of the molecule is O=C1CSc2ccc(C(=O)NC3CCc4ccccc43)cc2N1. The molecular formula is C18H16N2O2S. The first-order chi connectivity index (χ1) is 11.2. The summed E-state index contributed by atoms with van der Waals surface area (Å²) in [6.45, 7) is 0. The molecule has 4 nitrogen and oxygen atoms in total. The van der Waals surface area contributed by atoms with Crippen LogP contribution in [0.1, 0.15) is 33.9 Å². The van der Waals surface area contributed by atoms with Gasteiger partial charge in [-0.25, -0.2) is 0 Å². The molecular weight excluding hydrogens is 308 g/mol. The highest BCUT2D eigenvalue weighted by Gasteiger charge is 2.24. The van der Waals surface area contributed by atoms with Crippen LogP contribution in [0.2, 0.25) is 0 Å². The Bertz CT molecular complexity index is 803. The van der Waals surface area contributed by atoms with E-state index in [1.54, 1.807) is 6.07 Å². The van der Waals surface area contributed by atoms with Crippen molar-refractivity contribution >= 4 is 29.3 Å². The van der Waals surface area contributed by atoms with Crippen LogP contribution in [0.4, 0.5) is 5.69 Å². The van der Waals surface area contributed by atoms with Crippen molar-refractivity contribution in [3.05, 3.63) is 59.2 Å². The van der Waals surface area contributed by atoms with E-state index < -0.39 is 0 Å². The van der Waals surface area contributed by atoms with Crippen LogP contribution in [0, 0.1) is 0 Å². The van der Waals surface area contributed by atoms with Crippen LogP contribution in [-0.4, -0.2) is 17.6 Å². The molecule has 2 aromatic carbocycles. The van der Waals surface area contributed by atoms with Crippen LogP contribution in [0.15, 0.2) is 47.4 Å². The van der Waals surface area contributed by atoms with Gasteiger partial charge in [0.05, 0.1) is 17.5 Å². The van der Waals surface area contributed by atoms with Gasteiger partial charge in [-0.1, -0.05) is 24.3 Å². The molecule has 2 N–H and O–H groups in total. The van der Waals surface area contributed by atoms with Crippen LogP contribution >= 0.6 is 11.8 Å². The average molecular weight is 324 g/mol. The van der Waals surface area contributed by atoms with Gasteiger partial charge in [0.15, 0.2) is 0 Å². The summed E-state index contributed by atoms with van der Waals surface area (Å²) in [5.41, 5.74) is 3.83. The molecule has 2 aliphatic rings. The second kappa shape index (κ2) is 5.74. The van der Waals surface area contributed by atoms with Crippen molar-refractivity contribution in [1.29, 1.82) is 0 Å². The number of thioether (sulfide) groups is 1. The Morgan fingerprint density at radius 2 is 2.09 bits per heavy atom. The summed E-state index contributed by atoms with van der Waals surface area (Å²) in [6, 6.07) is 13.8. The first-order valence-corrected chi connectivity index (χ1v) is 8.64. The monoisotopic (exact) mass is 324 g/mol. The number of rotatable bonds is 2. The van der Waals surface area contributed by atoms with E-state index in [-0.39, 0.29) is 17.9 Å². The van der Waals surface area contributed by atoms with Crippen LogP contribution in [0.25, 0.3) is 0 Å². The lowest BCUT2D eigenvalue weighted by molar-refractivity contribution is -0.113. The predicted octanol–water partition coefficient (Wildman–Crippen LogP) is 3.15. The van der Waals surface area contributed by atoms with Gasteiger partial charge in [0.2, 0.25) is 5.91 Å². The van der Waals surface area contributed by atoms with Gasteiger partial charge >= 0.3 is 0 Å². The van der Waals surface area contributed by atoms with E-state index in [2.05, 4.69) is 22.8 Å². The summed E-state index contributed by atoms with van der Waals surface area (Å²) >= 11 is 1.50. The Hall–Kier alpha value is -2.27. The van der Waals surface area contributed by atoms with Gasteiger partial charge in [0.25, 0.3) is 5.91 Å². The first kappa shape index (κ1) is 14.3. The molecule has 0 aromatic heterocycles. The Morgan fingerprint density at radius 3 is 3.00 bits per heavy atom. The van der Waals surface area contributed by atoms with Crippen molar-refractivity contribution in [3.8, 4) is 0 Å². The van der Waals surface area contributed by atoms with E-state index in [4.69, 9.17) is 0 Å². The molecule has 2 amide bonds. The highest BCUT2D eigenvalue weighted by molar-refractivity contribution is 8.00. The molecule has 4 rings (SSSR count). The highest BCUT2D eigenvalue weighted by atomic mass is 32.2. The second-order valence-corrected chi connectivity index (χ2v) is 6.83. The highest BCUT2D eigenvalue weighted by Crippen LogP contribution is 2.33. The van der Waals surface area contributed by atoms with Gasteiger partial charge in [-0.15, -0.1) is 11.8 Å². The smallest absolute Gasteiger partial charge is 0.251 e. The minimum Gasteiger partial charge on any atom is -0.345 e. The molecule has 0 fully saturated rings. The summed E-state index contributed by atoms with van der Waals surface area (Å²) in [5, 5.41) is 5.94. The number of amides is 2. The Labute approximate surface area is 138 Å². The molecule has 116 valence electrons. The van der Waals surface area contributed by atoms with Crippen molar-refractivity contribution < 1.29 is 9.59 Å². The van der Waals surface area contributed by atoms with E-state index >= 15 is 0 Å². The quantitative estimate of drug-likeness (QED) is 0.892. The van der Waals surface area contributed by atoms with Gasteiger partial charge < -0.3 is 10.6 Å². The summed E-state index contributed by atoms with van der Waals surface area (Å²) in [7, 11) is 0. The third kappa shape index (κ3) is 2.72. The summed E-state index contributed by atoms with van der Waals surface area (Å²) in [5.74, 6) is 0.307. The first-order valence-electron chi connectivity index (χ1n) is 7.66. The van der Waals surface area contributed by atoms with Crippen molar-refractivity contribution in [2.24, 2.45) is 0 Å². The second-order valence-electron chi connectivity index (χ2n) is 5.81. The number of fused-ring (bicyclic) bond motifs is 2. The van der Waals surface area contributed by atoms with Gasteiger partial charge in [0.1, 0.15) is 0 Å². The molecule has 0 radical (unpaired) electrons. The lowest BCUT2D eigenvalue weighted by Gasteiger charge is -2.18. The van der Waals surface area contributed by atoms with E-state index in [0.29, 0.717) is 11.3 Å². The molecule has 0 saturated carbocycles. The predicted molar refractivity (Wildman–Crippen MR) is 90.8 cm³/mol. The van der Waals surface area contributed by atoms with Crippen molar-refractivity contribution in [3.63, 3.8) is 0 Å². The maximum absolute atomic E-state index is 12.5. The van der Waals surface area contributed by atoms with Gasteiger partial charge in [0, 0.05) is 10.5 Å². The zero-order valence-electron chi connectivity index (χ0n) is 12.5.